The number of sulfonamides is 1. The molecule has 1 heterocycles. The maximum Gasteiger partial charge on any atom is 0.242 e. The van der Waals surface area contributed by atoms with Crippen LogP contribution in [0.3, 0.4) is 0 Å². The Morgan fingerprint density at radius 1 is 1.11 bits per heavy atom. The van der Waals surface area contributed by atoms with Crippen molar-refractivity contribution >= 4 is 15.9 Å². The number of nitrogens with one attached hydrogen (secondary N) is 1. The topological polar surface area (TPSA) is 84.9 Å². The zero-order valence-electron chi connectivity index (χ0n) is 15.7. The van der Waals surface area contributed by atoms with E-state index in [9.17, 15) is 13.2 Å². The summed E-state index contributed by atoms with van der Waals surface area (Å²) in [6.07, 6.45) is 0.415. The Labute approximate surface area is 165 Å². The van der Waals surface area contributed by atoms with Gasteiger partial charge in [0.15, 0.2) is 11.5 Å². The lowest BCUT2D eigenvalue weighted by Crippen LogP contribution is -2.40. The molecule has 0 saturated carbocycles. The summed E-state index contributed by atoms with van der Waals surface area (Å²) < 4.78 is 37.5. The van der Waals surface area contributed by atoms with Gasteiger partial charge in [0, 0.05) is 20.0 Å². The molecule has 1 aliphatic rings. The summed E-state index contributed by atoms with van der Waals surface area (Å²) in [6.45, 7) is 0.974. The van der Waals surface area contributed by atoms with Crippen LogP contribution in [-0.4, -0.2) is 51.5 Å². The number of nitrogens with zero attached hydrogens (tertiary/aromatic N) is 1. The van der Waals surface area contributed by atoms with Crippen LogP contribution in [0.1, 0.15) is 12.8 Å². The van der Waals surface area contributed by atoms with Gasteiger partial charge in [-0.15, -0.1) is 0 Å². The van der Waals surface area contributed by atoms with Crippen LogP contribution < -0.4 is 14.8 Å². The van der Waals surface area contributed by atoms with Gasteiger partial charge < -0.3 is 14.8 Å². The molecule has 0 saturated heterocycles. The standard InChI is InChI=1S/C20H24N2O5S/c1-22(28(24,25)17-8-3-2-4-9-17)13-7-12-20(23)21-14-16-15-26-18-10-5-6-11-19(18)27-16/h2-6,8-11,16H,7,12-15H2,1H3,(H,21,23)/t16-/m0/s1. The summed E-state index contributed by atoms with van der Waals surface area (Å²) >= 11 is 0. The highest BCUT2D eigenvalue weighted by Gasteiger charge is 2.22. The molecule has 0 fully saturated rings. The summed E-state index contributed by atoms with van der Waals surface area (Å²) in [5, 5.41) is 2.82. The van der Waals surface area contributed by atoms with Crippen LogP contribution >= 0.6 is 0 Å². The van der Waals surface area contributed by atoms with Crippen molar-refractivity contribution in [2.75, 3.05) is 26.7 Å². The zero-order valence-corrected chi connectivity index (χ0v) is 16.5. The van der Waals surface area contributed by atoms with Crippen molar-refractivity contribution < 1.29 is 22.7 Å². The Kier molecular flexibility index (Phi) is 6.53. The van der Waals surface area contributed by atoms with E-state index in [1.807, 2.05) is 24.3 Å². The van der Waals surface area contributed by atoms with Crippen molar-refractivity contribution in [3.63, 3.8) is 0 Å². The molecule has 0 bridgehead atoms. The molecule has 1 atom stereocenters. The first-order valence-corrected chi connectivity index (χ1v) is 10.6. The number of para-hydroxylation sites is 2. The fraction of sp³-hybridized carbons (Fsp3) is 0.350. The smallest absolute Gasteiger partial charge is 0.242 e. The van der Waals surface area contributed by atoms with Gasteiger partial charge in [-0.2, -0.15) is 0 Å². The number of carbonyl (C=O) groups is 1. The monoisotopic (exact) mass is 404 g/mol. The van der Waals surface area contributed by atoms with Gasteiger partial charge in [-0.1, -0.05) is 30.3 Å². The lowest BCUT2D eigenvalue weighted by Gasteiger charge is -2.26. The minimum Gasteiger partial charge on any atom is -0.486 e. The largest absolute Gasteiger partial charge is 0.486 e. The molecule has 8 heteroatoms. The third-order valence-corrected chi connectivity index (χ3v) is 6.29. The molecule has 7 nitrogen and oxygen atoms in total. The first-order valence-electron chi connectivity index (χ1n) is 9.13. The minimum absolute atomic E-state index is 0.145. The number of carbonyl (C=O) groups excluding carboxylic acids is 1. The highest BCUT2D eigenvalue weighted by Crippen LogP contribution is 2.30. The third kappa shape index (κ3) is 5.02. The lowest BCUT2D eigenvalue weighted by molar-refractivity contribution is -0.121. The van der Waals surface area contributed by atoms with Crippen molar-refractivity contribution in [3.05, 3.63) is 54.6 Å². The van der Waals surface area contributed by atoms with Crippen LogP contribution in [0.25, 0.3) is 0 Å². The Bertz CT molecular complexity index is 902. The predicted molar refractivity (Wildman–Crippen MR) is 105 cm³/mol. The number of hydrogen-bond acceptors (Lipinski definition) is 5. The molecule has 0 spiro atoms. The van der Waals surface area contributed by atoms with E-state index in [-0.39, 0.29) is 29.9 Å². The van der Waals surface area contributed by atoms with Gasteiger partial charge in [-0.05, 0) is 30.7 Å². The number of fused-ring (bicyclic) bond motifs is 1. The molecule has 0 radical (unpaired) electrons. The number of rotatable bonds is 8. The van der Waals surface area contributed by atoms with Crippen LogP contribution in [0.4, 0.5) is 0 Å². The second kappa shape index (κ2) is 9.07. The van der Waals surface area contributed by atoms with E-state index in [0.717, 1.165) is 0 Å². The number of amides is 1. The number of benzene rings is 2. The van der Waals surface area contributed by atoms with E-state index in [4.69, 9.17) is 9.47 Å². The van der Waals surface area contributed by atoms with Gasteiger partial charge >= 0.3 is 0 Å². The van der Waals surface area contributed by atoms with E-state index in [1.54, 1.807) is 30.3 Å². The molecule has 1 amide bonds. The maximum atomic E-state index is 12.4. The number of ether oxygens (including phenoxy) is 2. The summed E-state index contributed by atoms with van der Waals surface area (Å²) in [6, 6.07) is 15.7. The molecule has 1 aliphatic heterocycles. The first kappa shape index (κ1) is 20.2. The van der Waals surface area contributed by atoms with E-state index in [1.165, 1.54) is 11.4 Å². The molecule has 0 unspecified atom stereocenters. The molecule has 28 heavy (non-hydrogen) atoms. The summed E-state index contributed by atoms with van der Waals surface area (Å²) in [4.78, 5) is 12.3. The van der Waals surface area contributed by atoms with Crippen LogP contribution in [0.15, 0.2) is 59.5 Å². The average molecular weight is 404 g/mol. The molecule has 150 valence electrons. The van der Waals surface area contributed by atoms with E-state index in [2.05, 4.69) is 5.32 Å². The normalized spacial score (nSPS) is 16.0. The Morgan fingerprint density at radius 2 is 1.79 bits per heavy atom. The second-order valence-electron chi connectivity index (χ2n) is 6.54. The Balaban J connectivity index is 1.39. The third-order valence-electron chi connectivity index (χ3n) is 4.42. The summed E-state index contributed by atoms with van der Waals surface area (Å²) in [5.41, 5.74) is 0. The molecule has 0 aromatic heterocycles. The SMILES string of the molecule is CN(CCCC(=O)NC[C@H]1COc2ccccc2O1)S(=O)(=O)c1ccccc1. The summed E-state index contributed by atoms with van der Waals surface area (Å²) in [5.74, 6) is 1.22. The Morgan fingerprint density at radius 3 is 2.54 bits per heavy atom. The summed E-state index contributed by atoms with van der Waals surface area (Å²) in [7, 11) is -2.01. The van der Waals surface area contributed by atoms with Gasteiger partial charge in [-0.3, -0.25) is 4.79 Å². The van der Waals surface area contributed by atoms with Gasteiger partial charge in [-0.25, -0.2) is 12.7 Å². The van der Waals surface area contributed by atoms with Crippen molar-refractivity contribution in [2.24, 2.45) is 0 Å². The molecule has 2 aromatic carbocycles. The predicted octanol–water partition coefficient (Wildman–Crippen LogP) is 2.04. The van der Waals surface area contributed by atoms with Gasteiger partial charge in [0.1, 0.15) is 12.7 Å². The minimum atomic E-state index is -3.53. The Hall–Kier alpha value is -2.58. The lowest BCUT2D eigenvalue weighted by atomic mass is 10.2. The van der Waals surface area contributed by atoms with E-state index >= 15 is 0 Å². The number of hydrogen-bond donors (Lipinski definition) is 1. The van der Waals surface area contributed by atoms with Gasteiger partial charge in [0.05, 0.1) is 11.4 Å². The van der Waals surface area contributed by atoms with Crippen molar-refractivity contribution in [3.8, 4) is 11.5 Å². The van der Waals surface area contributed by atoms with Crippen molar-refractivity contribution in [2.45, 2.75) is 23.8 Å². The van der Waals surface area contributed by atoms with Crippen LogP contribution in [0.2, 0.25) is 0 Å². The first-order chi connectivity index (χ1) is 13.5. The van der Waals surface area contributed by atoms with E-state index < -0.39 is 10.0 Å². The van der Waals surface area contributed by atoms with Crippen molar-refractivity contribution in [1.29, 1.82) is 0 Å². The van der Waals surface area contributed by atoms with Crippen molar-refractivity contribution in [1.82, 2.24) is 9.62 Å². The fourth-order valence-electron chi connectivity index (χ4n) is 2.83. The van der Waals surface area contributed by atoms with Crippen LogP contribution in [-0.2, 0) is 14.8 Å². The van der Waals surface area contributed by atoms with Crippen LogP contribution in [0, 0.1) is 0 Å². The van der Waals surface area contributed by atoms with Gasteiger partial charge in [0.2, 0.25) is 15.9 Å². The maximum absolute atomic E-state index is 12.4. The molecule has 0 aliphatic carbocycles. The zero-order chi connectivity index (χ0) is 20.0. The fourth-order valence-corrected chi connectivity index (χ4v) is 4.07. The molecular weight excluding hydrogens is 380 g/mol. The molecule has 3 rings (SSSR count). The highest BCUT2D eigenvalue weighted by molar-refractivity contribution is 7.89. The molecular formula is C20H24N2O5S. The quantitative estimate of drug-likeness (QED) is 0.728. The van der Waals surface area contributed by atoms with Crippen LogP contribution in [0.5, 0.6) is 11.5 Å². The molecule has 1 N–H and O–H groups in total. The molecule has 2 aromatic rings. The highest BCUT2D eigenvalue weighted by atomic mass is 32.2. The second-order valence-corrected chi connectivity index (χ2v) is 8.59. The van der Waals surface area contributed by atoms with E-state index in [0.29, 0.717) is 31.1 Å². The van der Waals surface area contributed by atoms with Gasteiger partial charge in [0.25, 0.3) is 0 Å². The average Bonchev–Trinajstić information content (AvgIpc) is 2.72.